The summed E-state index contributed by atoms with van der Waals surface area (Å²) in [7, 11) is 0. The summed E-state index contributed by atoms with van der Waals surface area (Å²) in [6, 6.07) is -0.547. The Bertz CT molecular complexity index is 317. The molecule has 0 spiro atoms. The van der Waals surface area contributed by atoms with Crippen LogP contribution in [-0.2, 0) is 14.4 Å². The van der Waals surface area contributed by atoms with Gasteiger partial charge in [0.1, 0.15) is 12.6 Å². The minimum atomic E-state index is -0.547. The number of amides is 3. The molecule has 1 fully saturated rings. The van der Waals surface area contributed by atoms with Crippen molar-refractivity contribution < 1.29 is 19.5 Å². The molecule has 2 N–H and O–H groups in total. The Morgan fingerprint density at radius 3 is 2.76 bits per heavy atom. The van der Waals surface area contributed by atoms with Gasteiger partial charge in [0.2, 0.25) is 17.7 Å². The molecule has 17 heavy (non-hydrogen) atoms. The molecular formula is C11H18N2O4. The van der Waals surface area contributed by atoms with Crippen molar-refractivity contribution >= 4 is 17.7 Å². The highest BCUT2D eigenvalue weighted by atomic mass is 16.3. The number of imide groups is 1. The Kier molecular flexibility index (Phi) is 5.09. The fourth-order valence-electron chi connectivity index (χ4n) is 1.87. The van der Waals surface area contributed by atoms with E-state index in [1.165, 1.54) is 4.90 Å². The minimum Gasteiger partial charge on any atom is -0.396 e. The van der Waals surface area contributed by atoms with Crippen molar-refractivity contribution in [3.8, 4) is 0 Å². The van der Waals surface area contributed by atoms with Gasteiger partial charge in [-0.1, -0.05) is 6.92 Å². The van der Waals surface area contributed by atoms with Crippen LogP contribution in [0.25, 0.3) is 0 Å². The van der Waals surface area contributed by atoms with E-state index in [0.29, 0.717) is 19.3 Å². The topological polar surface area (TPSA) is 86.7 Å². The van der Waals surface area contributed by atoms with Crippen molar-refractivity contribution in [2.45, 2.75) is 38.6 Å². The van der Waals surface area contributed by atoms with E-state index in [0.717, 1.165) is 0 Å². The average molecular weight is 242 g/mol. The maximum atomic E-state index is 11.8. The summed E-state index contributed by atoms with van der Waals surface area (Å²) in [6.07, 6.45) is 1.87. The molecule has 0 bridgehead atoms. The molecule has 0 aromatic rings. The van der Waals surface area contributed by atoms with Crippen molar-refractivity contribution in [3.05, 3.63) is 0 Å². The predicted octanol–water partition coefficient (Wildman–Crippen LogP) is -0.587. The summed E-state index contributed by atoms with van der Waals surface area (Å²) in [6.45, 7) is 1.79. The molecule has 0 aliphatic carbocycles. The first-order valence-electron chi connectivity index (χ1n) is 5.84. The van der Waals surface area contributed by atoms with Crippen LogP contribution in [0.5, 0.6) is 0 Å². The van der Waals surface area contributed by atoms with Crippen LogP contribution in [-0.4, -0.2) is 46.9 Å². The quantitative estimate of drug-likeness (QED) is 0.498. The first-order chi connectivity index (χ1) is 8.10. The first-order valence-corrected chi connectivity index (χ1v) is 5.84. The molecule has 1 atom stereocenters. The van der Waals surface area contributed by atoms with Gasteiger partial charge in [0.05, 0.1) is 0 Å². The Labute approximate surface area is 100.0 Å². The van der Waals surface area contributed by atoms with Gasteiger partial charge in [-0.15, -0.1) is 0 Å². The van der Waals surface area contributed by atoms with Gasteiger partial charge in [0.25, 0.3) is 0 Å². The van der Waals surface area contributed by atoms with Crippen molar-refractivity contribution in [2.75, 3.05) is 13.2 Å². The fraction of sp³-hybridized carbons (Fsp3) is 0.727. The van der Waals surface area contributed by atoms with Crippen LogP contribution >= 0.6 is 0 Å². The molecule has 3 amide bonds. The lowest BCUT2D eigenvalue weighted by Gasteiger charge is -2.33. The van der Waals surface area contributed by atoms with E-state index >= 15 is 0 Å². The van der Waals surface area contributed by atoms with E-state index in [2.05, 4.69) is 5.32 Å². The highest BCUT2D eigenvalue weighted by Crippen LogP contribution is 2.12. The van der Waals surface area contributed by atoms with E-state index < -0.39 is 17.9 Å². The number of aliphatic hydroxyl groups excluding tert-OH is 1. The van der Waals surface area contributed by atoms with Crippen molar-refractivity contribution in [3.63, 3.8) is 0 Å². The van der Waals surface area contributed by atoms with Crippen molar-refractivity contribution in [1.82, 2.24) is 10.2 Å². The maximum Gasteiger partial charge on any atom is 0.249 e. The third-order valence-corrected chi connectivity index (χ3v) is 2.76. The number of aliphatic hydroxyl groups is 1. The van der Waals surface area contributed by atoms with Gasteiger partial charge >= 0.3 is 0 Å². The van der Waals surface area contributed by atoms with Gasteiger partial charge in [-0.25, -0.2) is 0 Å². The van der Waals surface area contributed by atoms with E-state index in [1.54, 1.807) is 6.92 Å². The second-order valence-corrected chi connectivity index (χ2v) is 4.04. The monoisotopic (exact) mass is 242 g/mol. The van der Waals surface area contributed by atoms with Gasteiger partial charge in [-0.2, -0.15) is 0 Å². The van der Waals surface area contributed by atoms with E-state index in [4.69, 9.17) is 5.11 Å². The second-order valence-electron chi connectivity index (χ2n) is 4.04. The lowest BCUT2D eigenvalue weighted by Crippen LogP contribution is -2.59. The number of hydrogen-bond acceptors (Lipinski definition) is 4. The standard InChI is InChI=1S/C11H18N2O4/c1-2-8-11(17)12-9(15)7-13(8)10(16)5-3-4-6-14/h8,14H,2-7H2,1H3,(H,12,15,17). The van der Waals surface area contributed by atoms with Crippen LogP contribution in [0, 0.1) is 0 Å². The molecule has 0 saturated carbocycles. The summed E-state index contributed by atoms with van der Waals surface area (Å²) in [5, 5.41) is 10.8. The number of unbranched alkanes of at least 4 members (excludes halogenated alkanes) is 1. The molecule has 96 valence electrons. The fourth-order valence-corrected chi connectivity index (χ4v) is 1.87. The van der Waals surface area contributed by atoms with Gasteiger partial charge in [0, 0.05) is 13.0 Å². The van der Waals surface area contributed by atoms with Gasteiger partial charge in [-0.3, -0.25) is 19.7 Å². The van der Waals surface area contributed by atoms with Crippen LogP contribution in [0.15, 0.2) is 0 Å². The normalized spacial score (nSPS) is 20.4. The van der Waals surface area contributed by atoms with Gasteiger partial charge < -0.3 is 10.0 Å². The molecule has 0 radical (unpaired) electrons. The number of rotatable bonds is 5. The van der Waals surface area contributed by atoms with Crippen molar-refractivity contribution in [2.24, 2.45) is 0 Å². The molecule has 1 unspecified atom stereocenters. The molecule has 1 saturated heterocycles. The summed E-state index contributed by atoms with van der Waals surface area (Å²) in [5.74, 6) is -1.04. The number of nitrogens with one attached hydrogen (secondary N) is 1. The van der Waals surface area contributed by atoms with E-state index in [-0.39, 0.29) is 25.5 Å². The van der Waals surface area contributed by atoms with Crippen LogP contribution in [0.4, 0.5) is 0 Å². The Morgan fingerprint density at radius 2 is 2.18 bits per heavy atom. The zero-order chi connectivity index (χ0) is 12.8. The maximum absolute atomic E-state index is 11.8. The number of nitrogens with zero attached hydrogens (tertiary/aromatic N) is 1. The lowest BCUT2D eigenvalue weighted by molar-refractivity contribution is -0.150. The second kappa shape index (κ2) is 6.34. The lowest BCUT2D eigenvalue weighted by atomic mass is 10.1. The molecule has 0 aromatic carbocycles. The van der Waals surface area contributed by atoms with Crippen molar-refractivity contribution in [1.29, 1.82) is 0 Å². The summed E-state index contributed by atoms with van der Waals surface area (Å²) in [4.78, 5) is 35.9. The molecular weight excluding hydrogens is 224 g/mol. The van der Waals surface area contributed by atoms with Crippen LogP contribution in [0.3, 0.4) is 0 Å². The van der Waals surface area contributed by atoms with Crippen LogP contribution in [0.2, 0.25) is 0 Å². The number of piperazine rings is 1. The van der Waals surface area contributed by atoms with E-state index in [9.17, 15) is 14.4 Å². The Hall–Kier alpha value is -1.43. The molecule has 1 rings (SSSR count). The number of carbonyl (C=O) groups is 3. The van der Waals surface area contributed by atoms with Gasteiger partial charge in [-0.05, 0) is 19.3 Å². The zero-order valence-corrected chi connectivity index (χ0v) is 9.94. The third kappa shape index (κ3) is 3.52. The predicted molar refractivity (Wildman–Crippen MR) is 59.9 cm³/mol. The Balaban J connectivity index is 2.61. The Morgan fingerprint density at radius 1 is 1.47 bits per heavy atom. The minimum absolute atomic E-state index is 0.0455. The highest BCUT2D eigenvalue weighted by Gasteiger charge is 2.34. The molecule has 6 nitrogen and oxygen atoms in total. The third-order valence-electron chi connectivity index (χ3n) is 2.76. The molecule has 1 aliphatic rings. The number of carbonyl (C=O) groups excluding carboxylic acids is 3. The smallest absolute Gasteiger partial charge is 0.249 e. The highest BCUT2D eigenvalue weighted by molar-refractivity contribution is 6.04. The molecule has 1 aliphatic heterocycles. The molecule has 0 aromatic heterocycles. The number of hydrogen-bond donors (Lipinski definition) is 2. The molecule has 1 heterocycles. The summed E-state index contributed by atoms with van der Waals surface area (Å²) >= 11 is 0. The summed E-state index contributed by atoms with van der Waals surface area (Å²) < 4.78 is 0. The molecule has 6 heteroatoms. The SMILES string of the molecule is CCC1C(=O)NC(=O)CN1C(=O)CCCCO. The van der Waals surface area contributed by atoms with Crippen LogP contribution < -0.4 is 5.32 Å². The largest absolute Gasteiger partial charge is 0.396 e. The summed E-state index contributed by atoms with van der Waals surface area (Å²) in [5.41, 5.74) is 0. The first kappa shape index (κ1) is 13.6. The zero-order valence-electron chi connectivity index (χ0n) is 9.94. The van der Waals surface area contributed by atoms with Crippen LogP contribution in [0.1, 0.15) is 32.6 Å². The average Bonchev–Trinajstić information content (AvgIpc) is 2.28. The van der Waals surface area contributed by atoms with Gasteiger partial charge in [0.15, 0.2) is 0 Å². The van der Waals surface area contributed by atoms with E-state index in [1.807, 2.05) is 0 Å².